The Bertz CT molecular complexity index is 689. The fraction of sp³-hybridized carbons (Fsp3) is 0.235. The van der Waals surface area contributed by atoms with Crippen LogP contribution in [0.25, 0.3) is 0 Å². The molecule has 2 aromatic rings. The van der Waals surface area contributed by atoms with Crippen LogP contribution in [-0.4, -0.2) is 17.6 Å². The summed E-state index contributed by atoms with van der Waals surface area (Å²) in [6.45, 7) is -1.17. The van der Waals surface area contributed by atoms with Gasteiger partial charge < -0.3 is 15.2 Å². The number of halogens is 2. The van der Waals surface area contributed by atoms with Gasteiger partial charge in [0.1, 0.15) is 5.75 Å². The molecule has 0 saturated carbocycles. The average Bonchev–Trinajstić information content (AvgIpc) is 2.49. The third-order valence-electron chi connectivity index (χ3n) is 3.25. The number of anilines is 1. The van der Waals surface area contributed by atoms with Crippen LogP contribution in [0, 0.1) is 6.92 Å². The number of rotatable bonds is 6. The quantitative estimate of drug-likeness (QED) is 0.858. The molecule has 0 bridgehead atoms. The van der Waals surface area contributed by atoms with E-state index in [0.717, 1.165) is 5.56 Å². The number of aliphatic hydroxyl groups excluding tert-OH is 1. The Morgan fingerprint density at radius 2 is 2.00 bits per heavy atom. The SMILES string of the molecule is Cc1ccc(CO)cc1NC(=O)Cc1cccc(OC(F)F)c1. The van der Waals surface area contributed by atoms with Gasteiger partial charge in [0.05, 0.1) is 13.0 Å². The number of nitrogens with one attached hydrogen (secondary N) is 1. The third kappa shape index (κ3) is 5.03. The van der Waals surface area contributed by atoms with Gasteiger partial charge in [0, 0.05) is 5.69 Å². The van der Waals surface area contributed by atoms with Crippen LogP contribution in [0.5, 0.6) is 5.75 Å². The first kappa shape index (κ1) is 16.9. The second-order valence-electron chi connectivity index (χ2n) is 5.06. The number of benzene rings is 2. The topological polar surface area (TPSA) is 58.6 Å². The van der Waals surface area contributed by atoms with Crippen LogP contribution in [-0.2, 0) is 17.8 Å². The maximum atomic E-state index is 12.2. The van der Waals surface area contributed by atoms with Crippen molar-refractivity contribution in [1.29, 1.82) is 0 Å². The van der Waals surface area contributed by atoms with Crippen molar-refractivity contribution >= 4 is 11.6 Å². The number of carbonyl (C=O) groups is 1. The zero-order valence-corrected chi connectivity index (χ0v) is 12.6. The lowest BCUT2D eigenvalue weighted by atomic mass is 10.1. The molecule has 0 aliphatic rings. The van der Waals surface area contributed by atoms with Gasteiger partial charge in [-0.25, -0.2) is 0 Å². The van der Waals surface area contributed by atoms with Crippen LogP contribution in [0.4, 0.5) is 14.5 Å². The molecule has 0 spiro atoms. The van der Waals surface area contributed by atoms with E-state index in [0.29, 0.717) is 16.8 Å². The first-order valence-corrected chi connectivity index (χ1v) is 7.02. The number of ether oxygens (including phenoxy) is 1. The van der Waals surface area contributed by atoms with Crippen molar-refractivity contribution in [3.05, 3.63) is 59.2 Å². The van der Waals surface area contributed by atoms with E-state index in [9.17, 15) is 13.6 Å². The summed E-state index contributed by atoms with van der Waals surface area (Å²) >= 11 is 0. The van der Waals surface area contributed by atoms with Gasteiger partial charge >= 0.3 is 6.61 Å². The molecule has 0 saturated heterocycles. The van der Waals surface area contributed by atoms with Gasteiger partial charge in [-0.15, -0.1) is 0 Å². The molecule has 2 aromatic carbocycles. The Kier molecular flexibility index (Phi) is 5.65. The number of carbonyl (C=O) groups excluding carboxylic acids is 1. The summed E-state index contributed by atoms with van der Waals surface area (Å²) < 4.78 is 28.7. The van der Waals surface area contributed by atoms with Crippen molar-refractivity contribution in [2.45, 2.75) is 26.6 Å². The summed E-state index contributed by atoms with van der Waals surface area (Å²) in [7, 11) is 0. The second-order valence-corrected chi connectivity index (χ2v) is 5.06. The molecule has 0 unspecified atom stereocenters. The van der Waals surface area contributed by atoms with Crippen molar-refractivity contribution in [3.63, 3.8) is 0 Å². The lowest BCUT2D eigenvalue weighted by Crippen LogP contribution is -2.15. The van der Waals surface area contributed by atoms with Crippen LogP contribution in [0.2, 0.25) is 0 Å². The number of amides is 1. The highest BCUT2D eigenvalue weighted by Crippen LogP contribution is 2.19. The molecule has 0 aliphatic carbocycles. The Labute approximate surface area is 132 Å². The monoisotopic (exact) mass is 321 g/mol. The van der Waals surface area contributed by atoms with Gasteiger partial charge in [0.2, 0.25) is 5.91 Å². The lowest BCUT2D eigenvalue weighted by Gasteiger charge is -2.11. The number of aryl methyl sites for hydroxylation is 1. The zero-order chi connectivity index (χ0) is 16.8. The predicted molar refractivity (Wildman–Crippen MR) is 82.5 cm³/mol. The molecular formula is C17H17F2NO3. The molecule has 1 amide bonds. The smallest absolute Gasteiger partial charge is 0.387 e. The van der Waals surface area contributed by atoms with Gasteiger partial charge in [0.25, 0.3) is 0 Å². The highest BCUT2D eigenvalue weighted by Gasteiger charge is 2.09. The number of aliphatic hydroxyl groups is 1. The van der Waals surface area contributed by atoms with Crippen molar-refractivity contribution in [2.24, 2.45) is 0 Å². The maximum absolute atomic E-state index is 12.2. The van der Waals surface area contributed by atoms with Crippen LogP contribution in [0.3, 0.4) is 0 Å². The van der Waals surface area contributed by atoms with Gasteiger partial charge in [-0.1, -0.05) is 24.3 Å². The largest absolute Gasteiger partial charge is 0.435 e. The first-order valence-electron chi connectivity index (χ1n) is 7.02. The fourth-order valence-electron chi connectivity index (χ4n) is 2.11. The predicted octanol–water partition coefficient (Wildman–Crippen LogP) is 3.27. The van der Waals surface area contributed by atoms with Crippen LogP contribution in [0.1, 0.15) is 16.7 Å². The molecule has 0 fully saturated rings. The molecular weight excluding hydrogens is 304 g/mol. The van der Waals surface area contributed by atoms with Gasteiger partial charge in [-0.3, -0.25) is 4.79 Å². The molecule has 6 heteroatoms. The van der Waals surface area contributed by atoms with E-state index in [1.165, 1.54) is 12.1 Å². The van der Waals surface area contributed by atoms with Crippen LogP contribution in [0.15, 0.2) is 42.5 Å². The van der Waals surface area contributed by atoms with E-state index < -0.39 is 6.61 Å². The Morgan fingerprint density at radius 3 is 2.70 bits per heavy atom. The van der Waals surface area contributed by atoms with Crippen molar-refractivity contribution < 1.29 is 23.4 Å². The molecule has 2 rings (SSSR count). The minimum absolute atomic E-state index is 0.0174. The molecule has 2 N–H and O–H groups in total. The summed E-state index contributed by atoms with van der Waals surface area (Å²) in [4.78, 5) is 12.1. The van der Waals surface area contributed by atoms with E-state index in [-0.39, 0.29) is 24.7 Å². The van der Waals surface area contributed by atoms with E-state index in [2.05, 4.69) is 10.1 Å². The average molecular weight is 321 g/mol. The normalized spacial score (nSPS) is 10.7. The summed E-state index contributed by atoms with van der Waals surface area (Å²) in [5, 5.41) is 11.9. The van der Waals surface area contributed by atoms with Crippen LogP contribution < -0.4 is 10.1 Å². The van der Waals surface area contributed by atoms with Crippen molar-refractivity contribution in [1.82, 2.24) is 0 Å². The molecule has 122 valence electrons. The second kappa shape index (κ2) is 7.69. The van der Waals surface area contributed by atoms with Crippen molar-refractivity contribution in [3.8, 4) is 5.75 Å². The van der Waals surface area contributed by atoms with Crippen LogP contribution >= 0.6 is 0 Å². The van der Waals surface area contributed by atoms with E-state index in [4.69, 9.17) is 5.11 Å². The van der Waals surface area contributed by atoms with E-state index in [1.54, 1.807) is 30.3 Å². The van der Waals surface area contributed by atoms with Gasteiger partial charge in [-0.2, -0.15) is 8.78 Å². The molecule has 0 aliphatic heterocycles. The van der Waals surface area contributed by atoms with Gasteiger partial charge in [0.15, 0.2) is 0 Å². The minimum atomic E-state index is -2.90. The van der Waals surface area contributed by atoms with E-state index >= 15 is 0 Å². The molecule has 0 heterocycles. The first-order chi connectivity index (χ1) is 11.0. The number of alkyl halides is 2. The Hall–Kier alpha value is -2.47. The molecule has 0 aromatic heterocycles. The molecule has 0 atom stereocenters. The summed E-state index contributed by atoms with van der Waals surface area (Å²) in [5.74, 6) is -0.263. The summed E-state index contributed by atoms with van der Waals surface area (Å²) in [5.41, 5.74) is 2.74. The fourth-order valence-corrected chi connectivity index (χ4v) is 2.11. The standard InChI is InChI=1S/C17H17F2NO3/c1-11-5-6-13(10-21)8-15(11)20-16(22)9-12-3-2-4-14(7-12)23-17(18)19/h2-8,17,21H,9-10H2,1H3,(H,20,22). The minimum Gasteiger partial charge on any atom is -0.435 e. The third-order valence-corrected chi connectivity index (χ3v) is 3.25. The lowest BCUT2D eigenvalue weighted by molar-refractivity contribution is -0.115. The summed E-state index contributed by atoms with van der Waals surface area (Å²) in [6, 6.07) is 11.3. The molecule has 0 radical (unpaired) electrons. The summed E-state index contributed by atoms with van der Waals surface area (Å²) in [6.07, 6.45) is 0.0310. The molecule has 23 heavy (non-hydrogen) atoms. The Morgan fingerprint density at radius 1 is 1.22 bits per heavy atom. The Balaban J connectivity index is 2.05. The van der Waals surface area contributed by atoms with E-state index in [1.807, 2.05) is 6.92 Å². The maximum Gasteiger partial charge on any atom is 0.387 e. The van der Waals surface area contributed by atoms with Crippen molar-refractivity contribution in [2.75, 3.05) is 5.32 Å². The van der Waals surface area contributed by atoms with Gasteiger partial charge in [-0.05, 0) is 41.8 Å². The highest BCUT2D eigenvalue weighted by atomic mass is 19.3. The zero-order valence-electron chi connectivity index (χ0n) is 12.6. The molecule has 4 nitrogen and oxygen atoms in total. The number of hydrogen-bond acceptors (Lipinski definition) is 3. The number of hydrogen-bond donors (Lipinski definition) is 2. The highest BCUT2D eigenvalue weighted by molar-refractivity contribution is 5.93.